The zero-order chi connectivity index (χ0) is 17.5. The van der Waals surface area contributed by atoms with Crippen LogP contribution >= 0.6 is 0 Å². The Morgan fingerprint density at radius 1 is 1.50 bits per heavy atom. The van der Waals surface area contributed by atoms with E-state index in [0.29, 0.717) is 17.7 Å². The first kappa shape index (κ1) is 17.2. The molecule has 0 radical (unpaired) electrons. The van der Waals surface area contributed by atoms with Crippen LogP contribution < -0.4 is 10.1 Å². The molecule has 6 nitrogen and oxygen atoms in total. The highest BCUT2D eigenvalue weighted by Gasteiger charge is 2.58. The van der Waals surface area contributed by atoms with Crippen molar-refractivity contribution in [1.82, 2.24) is 15.2 Å². The molecular formula is C18H27N3O3. The number of aliphatic hydroxyl groups excluding tert-OH is 1. The SMILES string of the molecule is COc1cccnc1C(=O)N[C@@H]1CC2(C[C@H]1O)CN(C)C2C(C)C. The second-order valence-corrected chi connectivity index (χ2v) is 7.58. The van der Waals surface area contributed by atoms with Gasteiger partial charge in [0.1, 0.15) is 5.75 Å². The molecule has 1 spiro atoms. The lowest BCUT2D eigenvalue weighted by molar-refractivity contribution is -0.0827. The van der Waals surface area contributed by atoms with Crippen molar-refractivity contribution < 1.29 is 14.6 Å². The van der Waals surface area contributed by atoms with Crippen LogP contribution in [0.2, 0.25) is 0 Å². The van der Waals surface area contributed by atoms with Crippen LogP contribution in [0, 0.1) is 11.3 Å². The molecule has 132 valence electrons. The van der Waals surface area contributed by atoms with Gasteiger partial charge in [-0.1, -0.05) is 13.8 Å². The first-order valence-electron chi connectivity index (χ1n) is 8.56. The average molecular weight is 333 g/mol. The lowest BCUT2D eigenvalue weighted by Crippen LogP contribution is -2.64. The Hall–Kier alpha value is -1.66. The van der Waals surface area contributed by atoms with Gasteiger partial charge in [0.25, 0.3) is 5.91 Å². The number of pyridine rings is 1. The second kappa shape index (κ2) is 6.33. The van der Waals surface area contributed by atoms with Crippen LogP contribution in [0.15, 0.2) is 18.3 Å². The number of carbonyl (C=O) groups is 1. The minimum absolute atomic E-state index is 0.106. The molecular weight excluding hydrogens is 306 g/mol. The molecule has 1 amide bonds. The number of carbonyl (C=O) groups excluding carboxylic acids is 1. The first-order valence-corrected chi connectivity index (χ1v) is 8.56. The Kier molecular flexibility index (Phi) is 4.53. The molecule has 1 saturated heterocycles. The van der Waals surface area contributed by atoms with Crippen molar-refractivity contribution in [3.05, 3.63) is 24.0 Å². The molecule has 0 aromatic carbocycles. The number of ether oxygens (including phenoxy) is 1. The summed E-state index contributed by atoms with van der Waals surface area (Å²) in [6.07, 6.45) is 2.60. The van der Waals surface area contributed by atoms with E-state index in [0.717, 1.165) is 19.4 Å². The zero-order valence-electron chi connectivity index (χ0n) is 14.8. The molecule has 1 aliphatic carbocycles. The molecule has 1 aromatic heterocycles. The summed E-state index contributed by atoms with van der Waals surface area (Å²) >= 11 is 0. The van der Waals surface area contributed by atoms with E-state index in [-0.39, 0.29) is 23.1 Å². The summed E-state index contributed by atoms with van der Waals surface area (Å²) in [5.74, 6) is 0.684. The van der Waals surface area contributed by atoms with E-state index in [4.69, 9.17) is 4.74 Å². The van der Waals surface area contributed by atoms with Crippen LogP contribution in [-0.4, -0.2) is 59.8 Å². The molecule has 3 rings (SSSR count). The summed E-state index contributed by atoms with van der Waals surface area (Å²) in [5.41, 5.74) is 0.369. The van der Waals surface area contributed by atoms with Crippen LogP contribution in [0.5, 0.6) is 5.75 Å². The molecule has 2 unspecified atom stereocenters. The minimum Gasteiger partial charge on any atom is -0.494 e. The fourth-order valence-corrected chi connectivity index (χ4v) is 4.96. The van der Waals surface area contributed by atoms with E-state index in [1.165, 1.54) is 7.11 Å². The van der Waals surface area contributed by atoms with Crippen molar-refractivity contribution in [2.75, 3.05) is 20.7 Å². The lowest BCUT2D eigenvalue weighted by Gasteiger charge is -2.57. The highest BCUT2D eigenvalue weighted by atomic mass is 16.5. The number of nitrogens with one attached hydrogen (secondary N) is 1. The van der Waals surface area contributed by atoms with Gasteiger partial charge >= 0.3 is 0 Å². The topological polar surface area (TPSA) is 74.7 Å². The third kappa shape index (κ3) is 2.78. The van der Waals surface area contributed by atoms with Gasteiger partial charge in [0, 0.05) is 24.2 Å². The van der Waals surface area contributed by atoms with Crippen molar-refractivity contribution in [3.63, 3.8) is 0 Å². The number of amides is 1. The molecule has 0 bridgehead atoms. The van der Waals surface area contributed by atoms with Crippen LogP contribution in [0.25, 0.3) is 0 Å². The molecule has 1 aliphatic heterocycles. The van der Waals surface area contributed by atoms with Gasteiger partial charge < -0.3 is 20.1 Å². The second-order valence-electron chi connectivity index (χ2n) is 7.58. The Labute approximate surface area is 143 Å². The van der Waals surface area contributed by atoms with Crippen molar-refractivity contribution in [3.8, 4) is 5.75 Å². The zero-order valence-corrected chi connectivity index (χ0v) is 14.8. The van der Waals surface area contributed by atoms with Crippen molar-refractivity contribution >= 4 is 5.91 Å². The van der Waals surface area contributed by atoms with Gasteiger partial charge in [-0.25, -0.2) is 4.98 Å². The number of nitrogens with zero attached hydrogens (tertiary/aromatic N) is 2. The van der Waals surface area contributed by atoms with Crippen LogP contribution in [0.3, 0.4) is 0 Å². The lowest BCUT2D eigenvalue weighted by atomic mass is 9.66. The van der Waals surface area contributed by atoms with Gasteiger partial charge in [-0.15, -0.1) is 0 Å². The van der Waals surface area contributed by atoms with Crippen LogP contribution in [0.1, 0.15) is 37.2 Å². The number of hydrogen-bond donors (Lipinski definition) is 2. The summed E-state index contributed by atoms with van der Waals surface area (Å²) in [5, 5.41) is 13.5. The standard InChI is InChI=1S/C18H27N3O3/c1-11(2)16-18(10-21(16)3)8-12(13(22)9-18)20-17(23)15-14(24-4)6-5-7-19-15/h5-7,11-13,16,22H,8-10H2,1-4H3,(H,20,23)/t12-,13-,16?,18?/m1/s1. The number of likely N-dealkylation sites (tertiary alicyclic amines) is 1. The highest BCUT2D eigenvalue weighted by Crippen LogP contribution is 2.52. The number of aliphatic hydroxyl groups is 1. The van der Waals surface area contributed by atoms with E-state index < -0.39 is 6.10 Å². The third-order valence-corrected chi connectivity index (χ3v) is 5.53. The van der Waals surface area contributed by atoms with E-state index in [1.807, 2.05) is 0 Å². The molecule has 1 saturated carbocycles. The quantitative estimate of drug-likeness (QED) is 0.869. The maximum Gasteiger partial charge on any atom is 0.274 e. The van der Waals surface area contributed by atoms with E-state index in [9.17, 15) is 9.90 Å². The number of hydrogen-bond acceptors (Lipinski definition) is 5. The predicted octanol–water partition coefficient (Wildman–Crippen LogP) is 1.30. The minimum atomic E-state index is -0.515. The number of aromatic nitrogens is 1. The predicted molar refractivity (Wildman–Crippen MR) is 91.0 cm³/mol. The molecule has 2 aliphatic rings. The number of rotatable bonds is 4. The largest absolute Gasteiger partial charge is 0.494 e. The fourth-order valence-electron chi connectivity index (χ4n) is 4.96. The normalized spacial score (nSPS) is 32.8. The van der Waals surface area contributed by atoms with Crippen LogP contribution in [0.4, 0.5) is 0 Å². The number of methoxy groups -OCH3 is 1. The smallest absolute Gasteiger partial charge is 0.274 e. The Balaban J connectivity index is 1.72. The molecule has 6 heteroatoms. The summed E-state index contributed by atoms with van der Waals surface area (Å²) in [4.78, 5) is 19.0. The van der Waals surface area contributed by atoms with E-state index in [1.54, 1.807) is 18.3 Å². The van der Waals surface area contributed by atoms with Gasteiger partial charge in [0.05, 0.1) is 19.3 Å². The Morgan fingerprint density at radius 3 is 2.88 bits per heavy atom. The van der Waals surface area contributed by atoms with Crippen molar-refractivity contribution in [2.45, 2.75) is 44.9 Å². The maximum absolute atomic E-state index is 12.5. The van der Waals surface area contributed by atoms with E-state index in [2.05, 4.69) is 36.1 Å². The van der Waals surface area contributed by atoms with Gasteiger partial charge in [0.2, 0.25) is 0 Å². The van der Waals surface area contributed by atoms with Crippen molar-refractivity contribution in [1.29, 1.82) is 0 Å². The van der Waals surface area contributed by atoms with Gasteiger partial charge in [-0.3, -0.25) is 4.79 Å². The monoisotopic (exact) mass is 333 g/mol. The summed E-state index contributed by atoms with van der Waals surface area (Å²) < 4.78 is 5.20. The summed E-state index contributed by atoms with van der Waals surface area (Å²) in [7, 11) is 3.65. The molecule has 2 heterocycles. The Bertz CT molecular complexity index is 617. The third-order valence-electron chi connectivity index (χ3n) is 5.53. The molecule has 1 aromatic rings. The van der Waals surface area contributed by atoms with Crippen molar-refractivity contribution in [2.24, 2.45) is 11.3 Å². The van der Waals surface area contributed by atoms with Crippen LogP contribution in [-0.2, 0) is 0 Å². The highest BCUT2D eigenvalue weighted by molar-refractivity contribution is 5.95. The molecule has 4 atom stereocenters. The summed E-state index contributed by atoms with van der Waals surface area (Å²) in [6.45, 7) is 5.42. The maximum atomic E-state index is 12.5. The summed E-state index contributed by atoms with van der Waals surface area (Å²) in [6, 6.07) is 3.66. The molecule has 24 heavy (non-hydrogen) atoms. The fraction of sp³-hybridized carbons (Fsp3) is 0.667. The van der Waals surface area contributed by atoms with Gasteiger partial charge in [-0.05, 0) is 37.9 Å². The van der Waals surface area contributed by atoms with E-state index >= 15 is 0 Å². The van der Waals surface area contributed by atoms with Gasteiger partial charge in [-0.2, -0.15) is 0 Å². The molecule has 2 N–H and O–H groups in total. The Morgan fingerprint density at radius 2 is 2.25 bits per heavy atom. The first-order chi connectivity index (χ1) is 11.4. The average Bonchev–Trinajstić information content (AvgIpc) is 2.83. The van der Waals surface area contributed by atoms with Gasteiger partial charge in [0.15, 0.2) is 5.69 Å². The molecule has 2 fully saturated rings.